The molecule has 0 atom stereocenters. The minimum absolute atomic E-state index is 0.251. The summed E-state index contributed by atoms with van der Waals surface area (Å²) in [6.07, 6.45) is 4.33. The molecule has 23 heavy (non-hydrogen) atoms. The van der Waals surface area contributed by atoms with Crippen LogP contribution >= 0.6 is 24.0 Å². The first-order valence-corrected chi connectivity index (χ1v) is 9.66. The van der Waals surface area contributed by atoms with Gasteiger partial charge in [0.1, 0.15) is 0 Å². The third kappa shape index (κ3) is 2.80. The van der Waals surface area contributed by atoms with E-state index < -0.39 is 10.0 Å². The molecule has 0 radical (unpaired) electrons. The number of thiocarbonyl (C=S) groups is 1. The lowest BCUT2D eigenvalue weighted by molar-refractivity contribution is -0.123. The Labute approximate surface area is 143 Å². The monoisotopic (exact) mass is 367 g/mol. The molecule has 6 nitrogen and oxygen atoms in total. The molecule has 2 heterocycles. The maximum atomic E-state index is 12.3. The number of carbonyl (C=O) groups excluding carboxylic acids is 1. The van der Waals surface area contributed by atoms with E-state index in [1.54, 1.807) is 25.3 Å². The second-order valence-corrected chi connectivity index (χ2v) is 8.44. The summed E-state index contributed by atoms with van der Waals surface area (Å²) in [4.78, 5) is 12.7. The number of fused-ring (bicyclic) bond motifs is 1. The summed E-state index contributed by atoms with van der Waals surface area (Å²) in [7, 11) is -1.82. The number of nitrogens with zero attached hydrogens (tertiary/aromatic N) is 2. The van der Waals surface area contributed by atoms with Crippen LogP contribution in [0, 0.1) is 0 Å². The molecule has 9 heteroatoms. The van der Waals surface area contributed by atoms with E-state index >= 15 is 0 Å². The molecular weight excluding hydrogens is 354 g/mol. The predicted octanol–water partition coefficient (Wildman–Crippen LogP) is 1.78. The van der Waals surface area contributed by atoms with E-state index in [1.807, 2.05) is 12.1 Å². The van der Waals surface area contributed by atoms with E-state index in [9.17, 15) is 13.2 Å². The number of rotatable bonds is 3. The van der Waals surface area contributed by atoms with Crippen LogP contribution in [0.15, 0.2) is 35.4 Å². The Morgan fingerprint density at radius 1 is 1.30 bits per heavy atom. The summed E-state index contributed by atoms with van der Waals surface area (Å²) in [6.45, 7) is 0. The van der Waals surface area contributed by atoms with Gasteiger partial charge in [-0.25, -0.2) is 22.8 Å². The molecule has 0 aliphatic carbocycles. The Hall–Kier alpha value is -1.68. The van der Waals surface area contributed by atoms with Gasteiger partial charge in [-0.2, -0.15) is 0 Å². The fourth-order valence-electron chi connectivity index (χ4n) is 2.37. The van der Waals surface area contributed by atoms with Crippen LogP contribution in [-0.4, -0.2) is 40.9 Å². The zero-order valence-electron chi connectivity index (χ0n) is 12.3. The first kappa shape index (κ1) is 16.2. The van der Waals surface area contributed by atoms with Crippen LogP contribution in [0.2, 0.25) is 0 Å². The molecule has 1 aliphatic rings. The maximum absolute atomic E-state index is 12.3. The average Bonchev–Trinajstić information content (AvgIpc) is 2.98. The van der Waals surface area contributed by atoms with Crippen molar-refractivity contribution in [3.05, 3.63) is 40.9 Å². The second kappa shape index (κ2) is 5.75. The van der Waals surface area contributed by atoms with Gasteiger partial charge < -0.3 is 0 Å². The lowest BCUT2D eigenvalue weighted by Gasteiger charge is -2.10. The first-order valence-electron chi connectivity index (χ1n) is 6.59. The van der Waals surface area contributed by atoms with E-state index in [1.165, 1.54) is 26.9 Å². The first-order chi connectivity index (χ1) is 10.8. The number of carbonyl (C=O) groups is 1. The van der Waals surface area contributed by atoms with Crippen molar-refractivity contribution in [2.24, 2.45) is 0 Å². The average molecular weight is 367 g/mol. The highest BCUT2D eigenvalue weighted by molar-refractivity contribution is 8.26. The molecular formula is C14H13N3O3S3. The summed E-state index contributed by atoms with van der Waals surface area (Å²) >= 11 is 6.31. The number of para-hydroxylation sites is 1. The number of hydrogen-bond donors (Lipinski definition) is 1. The molecule has 120 valence electrons. The normalized spacial score (nSPS) is 17.7. The van der Waals surface area contributed by atoms with Gasteiger partial charge in [-0.05, 0) is 12.1 Å². The van der Waals surface area contributed by atoms with Crippen molar-refractivity contribution in [1.82, 2.24) is 14.4 Å². The molecule has 1 aromatic heterocycles. The molecule has 1 amide bonds. The predicted molar refractivity (Wildman–Crippen MR) is 96.3 cm³/mol. The summed E-state index contributed by atoms with van der Waals surface area (Å²) < 4.78 is 25.5. The topological polar surface area (TPSA) is 71.4 Å². The van der Waals surface area contributed by atoms with Gasteiger partial charge >= 0.3 is 0 Å². The number of hydrogen-bond acceptors (Lipinski definition) is 6. The van der Waals surface area contributed by atoms with E-state index in [0.29, 0.717) is 20.3 Å². The zero-order chi connectivity index (χ0) is 16.8. The highest BCUT2D eigenvalue weighted by Gasteiger charge is 2.31. The number of thioether (sulfide) groups is 1. The van der Waals surface area contributed by atoms with Crippen molar-refractivity contribution >= 4 is 61.2 Å². The third-order valence-corrected chi connectivity index (χ3v) is 5.69. The van der Waals surface area contributed by atoms with Crippen LogP contribution in [0.25, 0.3) is 17.0 Å². The SMILES string of the molecule is CNN1C(=O)/C(=C/c2cn(S(C)(=O)=O)c3ccccc23)SC1=S. The lowest BCUT2D eigenvalue weighted by atomic mass is 10.1. The smallest absolute Gasteiger partial charge is 0.267 e. The van der Waals surface area contributed by atoms with E-state index in [4.69, 9.17) is 12.2 Å². The van der Waals surface area contributed by atoms with Gasteiger partial charge in [-0.3, -0.25) is 4.79 Å². The van der Waals surface area contributed by atoms with Gasteiger partial charge in [0.2, 0.25) is 10.0 Å². The Balaban J connectivity index is 2.17. The summed E-state index contributed by atoms with van der Waals surface area (Å²) in [6, 6.07) is 7.15. The lowest BCUT2D eigenvalue weighted by Crippen LogP contribution is -2.38. The number of hydrazine groups is 1. The van der Waals surface area contributed by atoms with E-state index in [-0.39, 0.29) is 5.91 Å². The number of nitrogens with one attached hydrogen (secondary N) is 1. The molecule has 0 unspecified atom stereocenters. The van der Waals surface area contributed by atoms with Crippen LogP contribution in [0.5, 0.6) is 0 Å². The molecule has 1 saturated heterocycles. The Morgan fingerprint density at radius 3 is 2.61 bits per heavy atom. The summed E-state index contributed by atoms with van der Waals surface area (Å²) in [5.74, 6) is -0.251. The largest absolute Gasteiger partial charge is 0.280 e. The number of amides is 1. The highest BCUT2D eigenvalue weighted by Crippen LogP contribution is 2.33. The van der Waals surface area contributed by atoms with E-state index in [0.717, 1.165) is 11.6 Å². The molecule has 0 saturated carbocycles. The van der Waals surface area contributed by atoms with Crippen LogP contribution in [0.4, 0.5) is 0 Å². The third-order valence-electron chi connectivity index (χ3n) is 3.37. The molecule has 1 aromatic carbocycles. The van der Waals surface area contributed by atoms with Crippen molar-refractivity contribution in [2.45, 2.75) is 0 Å². The molecule has 1 N–H and O–H groups in total. The van der Waals surface area contributed by atoms with Gasteiger partial charge in [0.05, 0.1) is 16.7 Å². The molecule has 2 aromatic rings. The number of aromatic nitrogens is 1. The fourth-order valence-corrected chi connectivity index (χ4v) is 4.45. The van der Waals surface area contributed by atoms with Crippen LogP contribution in [-0.2, 0) is 14.8 Å². The van der Waals surface area contributed by atoms with E-state index in [2.05, 4.69) is 5.43 Å². The summed E-state index contributed by atoms with van der Waals surface area (Å²) in [5.41, 5.74) is 3.96. The minimum atomic E-state index is -3.43. The van der Waals surface area contributed by atoms with Gasteiger partial charge in [-0.15, -0.1) is 0 Å². The van der Waals surface area contributed by atoms with Crippen molar-refractivity contribution in [2.75, 3.05) is 13.3 Å². The Kier molecular flexibility index (Phi) is 4.05. The molecule has 0 bridgehead atoms. The standard InChI is InChI=1S/C14H13N3O3S3/c1-15-17-13(18)12(22-14(17)21)7-9-8-16(23(2,19)20)11-6-4-3-5-10(9)11/h3-8,15H,1-2H3/b12-7-. The fraction of sp³-hybridized carbons (Fsp3) is 0.143. The van der Waals surface area contributed by atoms with Crippen molar-refractivity contribution < 1.29 is 13.2 Å². The number of benzene rings is 1. The van der Waals surface area contributed by atoms with Gasteiger partial charge in [-0.1, -0.05) is 42.2 Å². The maximum Gasteiger partial charge on any atom is 0.280 e. The molecule has 3 rings (SSSR count). The molecule has 1 fully saturated rings. The Morgan fingerprint density at radius 2 is 2.00 bits per heavy atom. The molecule has 0 spiro atoms. The van der Waals surface area contributed by atoms with Gasteiger partial charge in [0.25, 0.3) is 5.91 Å². The Bertz CT molecular complexity index is 960. The molecule has 1 aliphatic heterocycles. The second-order valence-electron chi connectivity index (χ2n) is 4.90. The quantitative estimate of drug-likeness (QED) is 0.659. The minimum Gasteiger partial charge on any atom is -0.267 e. The zero-order valence-corrected chi connectivity index (χ0v) is 14.8. The van der Waals surface area contributed by atoms with Crippen LogP contribution < -0.4 is 5.43 Å². The van der Waals surface area contributed by atoms with Gasteiger partial charge in [0, 0.05) is 24.2 Å². The van der Waals surface area contributed by atoms with Gasteiger partial charge in [0.15, 0.2) is 4.32 Å². The van der Waals surface area contributed by atoms with Crippen molar-refractivity contribution in [3.8, 4) is 0 Å². The van der Waals surface area contributed by atoms with Crippen LogP contribution in [0.1, 0.15) is 5.56 Å². The van der Waals surface area contributed by atoms with Crippen molar-refractivity contribution in [1.29, 1.82) is 0 Å². The van der Waals surface area contributed by atoms with Crippen molar-refractivity contribution in [3.63, 3.8) is 0 Å². The van der Waals surface area contributed by atoms with Crippen LogP contribution in [0.3, 0.4) is 0 Å². The highest BCUT2D eigenvalue weighted by atomic mass is 32.2. The summed E-state index contributed by atoms with van der Waals surface area (Å²) in [5, 5.41) is 2.04.